The van der Waals surface area contributed by atoms with E-state index in [0.29, 0.717) is 5.92 Å². The lowest BCUT2D eigenvalue weighted by molar-refractivity contribution is -0.126. The molecule has 0 unspecified atom stereocenters. The molecule has 1 amide bonds. The highest BCUT2D eigenvalue weighted by Gasteiger charge is 2.23. The number of hydrogen-bond acceptors (Lipinski definition) is 2. The van der Waals surface area contributed by atoms with Crippen LogP contribution in [-0.2, 0) is 4.79 Å². The largest absolute Gasteiger partial charge is 0.496 e. The minimum Gasteiger partial charge on any atom is -0.496 e. The van der Waals surface area contributed by atoms with Crippen LogP contribution in [0.15, 0.2) is 12.1 Å². The Hall–Kier alpha value is -1.51. The van der Waals surface area contributed by atoms with Gasteiger partial charge in [0.25, 0.3) is 0 Å². The summed E-state index contributed by atoms with van der Waals surface area (Å²) in [4.78, 5) is 12.5. The van der Waals surface area contributed by atoms with Gasteiger partial charge in [-0.2, -0.15) is 0 Å². The van der Waals surface area contributed by atoms with Crippen molar-refractivity contribution in [2.24, 2.45) is 5.92 Å². The van der Waals surface area contributed by atoms with Gasteiger partial charge in [0.2, 0.25) is 5.91 Å². The van der Waals surface area contributed by atoms with E-state index in [9.17, 15) is 4.79 Å². The molecule has 128 valence electrons. The van der Waals surface area contributed by atoms with Crippen LogP contribution in [0.3, 0.4) is 0 Å². The Kier molecular flexibility index (Phi) is 6.09. The van der Waals surface area contributed by atoms with E-state index in [2.05, 4.69) is 45.1 Å². The second-order valence-corrected chi connectivity index (χ2v) is 7.17. The van der Waals surface area contributed by atoms with Gasteiger partial charge in [-0.1, -0.05) is 33.1 Å². The topological polar surface area (TPSA) is 38.3 Å². The quantitative estimate of drug-likeness (QED) is 0.840. The fourth-order valence-electron chi connectivity index (χ4n) is 3.58. The number of ether oxygens (including phenoxy) is 1. The van der Waals surface area contributed by atoms with E-state index in [-0.39, 0.29) is 17.9 Å². The first-order chi connectivity index (χ1) is 10.9. The maximum atomic E-state index is 12.5. The van der Waals surface area contributed by atoms with Gasteiger partial charge in [0, 0.05) is 5.92 Å². The van der Waals surface area contributed by atoms with Gasteiger partial charge in [-0.05, 0) is 61.4 Å². The lowest BCUT2D eigenvalue weighted by atomic mass is 9.88. The summed E-state index contributed by atoms with van der Waals surface area (Å²) in [7, 11) is 1.72. The van der Waals surface area contributed by atoms with E-state index in [0.717, 1.165) is 18.6 Å². The zero-order chi connectivity index (χ0) is 17.0. The molecule has 0 spiro atoms. The number of carbonyl (C=O) groups excluding carboxylic acids is 1. The van der Waals surface area contributed by atoms with Crippen LogP contribution in [0.1, 0.15) is 81.5 Å². The van der Waals surface area contributed by atoms with Crippen molar-refractivity contribution in [2.75, 3.05) is 7.11 Å². The molecule has 1 saturated carbocycles. The highest BCUT2D eigenvalue weighted by molar-refractivity contribution is 5.79. The number of rotatable bonds is 5. The average Bonchev–Trinajstić information content (AvgIpc) is 2.54. The summed E-state index contributed by atoms with van der Waals surface area (Å²) in [6.45, 7) is 8.51. The van der Waals surface area contributed by atoms with Gasteiger partial charge < -0.3 is 10.1 Å². The Balaban J connectivity index is 2.16. The van der Waals surface area contributed by atoms with Gasteiger partial charge in [-0.15, -0.1) is 0 Å². The van der Waals surface area contributed by atoms with Crippen molar-refractivity contribution in [2.45, 2.75) is 71.8 Å². The van der Waals surface area contributed by atoms with Crippen LogP contribution in [0.4, 0.5) is 0 Å². The highest BCUT2D eigenvalue weighted by Crippen LogP contribution is 2.32. The third kappa shape index (κ3) is 4.27. The Labute approximate surface area is 140 Å². The molecular weight excluding hydrogens is 286 g/mol. The Morgan fingerprint density at radius 3 is 2.35 bits per heavy atom. The second kappa shape index (κ2) is 7.85. The first kappa shape index (κ1) is 17.8. The molecule has 0 aromatic heterocycles. The number of benzene rings is 1. The van der Waals surface area contributed by atoms with Gasteiger partial charge in [-0.25, -0.2) is 0 Å². The van der Waals surface area contributed by atoms with Crippen molar-refractivity contribution in [1.82, 2.24) is 5.32 Å². The molecule has 2 rings (SSSR count). The van der Waals surface area contributed by atoms with E-state index >= 15 is 0 Å². The number of amides is 1. The molecule has 0 saturated heterocycles. The molecule has 3 heteroatoms. The minimum atomic E-state index is 0.0350. The van der Waals surface area contributed by atoms with Crippen LogP contribution < -0.4 is 10.1 Å². The van der Waals surface area contributed by atoms with Crippen LogP contribution in [0.5, 0.6) is 5.75 Å². The van der Waals surface area contributed by atoms with Crippen LogP contribution in [0.25, 0.3) is 0 Å². The molecule has 1 aromatic rings. The molecule has 1 atom stereocenters. The van der Waals surface area contributed by atoms with E-state index in [4.69, 9.17) is 4.74 Å². The standard InChI is InChI=1S/C20H31NO2/c1-13(2)17-12-18(14(3)11-19(17)23-5)15(4)21-20(22)16-9-7-6-8-10-16/h11-13,15-16H,6-10H2,1-5H3,(H,21,22)/t15-/m1/s1. The lowest BCUT2D eigenvalue weighted by Crippen LogP contribution is -2.34. The number of carbonyl (C=O) groups is 1. The summed E-state index contributed by atoms with van der Waals surface area (Å²) < 4.78 is 5.51. The summed E-state index contributed by atoms with van der Waals surface area (Å²) in [5.41, 5.74) is 3.56. The normalized spacial score (nSPS) is 17.1. The van der Waals surface area contributed by atoms with Crippen molar-refractivity contribution >= 4 is 5.91 Å². The fraction of sp³-hybridized carbons (Fsp3) is 0.650. The Morgan fingerprint density at radius 1 is 1.13 bits per heavy atom. The Morgan fingerprint density at radius 2 is 1.78 bits per heavy atom. The molecule has 3 nitrogen and oxygen atoms in total. The molecule has 1 aliphatic rings. The molecule has 1 N–H and O–H groups in total. The molecule has 0 heterocycles. The first-order valence-electron chi connectivity index (χ1n) is 8.92. The number of nitrogens with one attached hydrogen (secondary N) is 1. The second-order valence-electron chi connectivity index (χ2n) is 7.17. The maximum Gasteiger partial charge on any atom is 0.223 e. The zero-order valence-corrected chi connectivity index (χ0v) is 15.2. The fourth-order valence-corrected chi connectivity index (χ4v) is 3.58. The Bertz CT molecular complexity index is 545. The smallest absolute Gasteiger partial charge is 0.223 e. The van der Waals surface area contributed by atoms with Crippen molar-refractivity contribution < 1.29 is 9.53 Å². The molecule has 1 aromatic carbocycles. The number of aryl methyl sites for hydroxylation is 1. The summed E-state index contributed by atoms with van der Waals surface area (Å²) in [5.74, 6) is 1.76. The third-order valence-electron chi connectivity index (χ3n) is 5.04. The molecule has 0 bridgehead atoms. The molecule has 1 fully saturated rings. The third-order valence-corrected chi connectivity index (χ3v) is 5.04. The van der Waals surface area contributed by atoms with E-state index in [1.165, 1.54) is 36.0 Å². The molecule has 23 heavy (non-hydrogen) atoms. The number of hydrogen-bond donors (Lipinski definition) is 1. The zero-order valence-electron chi connectivity index (χ0n) is 15.2. The van der Waals surface area contributed by atoms with Crippen LogP contribution in [0.2, 0.25) is 0 Å². The predicted octanol–water partition coefficient (Wildman–Crippen LogP) is 4.88. The molecule has 0 radical (unpaired) electrons. The molecule has 1 aliphatic carbocycles. The van der Waals surface area contributed by atoms with E-state index in [1.807, 2.05) is 0 Å². The van der Waals surface area contributed by atoms with E-state index < -0.39 is 0 Å². The monoisotopic (exact) mass is 317 g/mol. The average molecular weight is 317 g/mol. The summed E-state index contributed by atoms with van der Waals surface area (Å²) in [6.07, 6.45) is 5.72. The van der Waals surface area contributed by atoms with E-state index in [1.54, 1.807) is 7.11 Å². The van der Waals surface area contributed by atoms with Crippen molar-refractivity contribution in [3.8, 4) is 5.75 Å². The van der Waals surface area contributed by atoms with Crippen LogP contribution in [-0.4, -0.2) is 13.0 Å². The molecule has 0 aliphatic heterocycles. The van der Waals surface area contributed by atoms with Gasteiger partial charge in [0.1, 0.15) is 5.75 Å². The summed E-state index contributed by atoms with van der Waals surface area (Å²) in [5, 5.41) is 3.23. The number of methoxy groups -OCH3 is 1. The molecular formula is C20H31NO2. The maximum absolute atomic E-state index is 12.5. The SMILES string of the molecule is COc1cc(C)c([C@@H](C)NC(=O)C2CCCCC2)cc1C(C)C. The van der Waals surface area contributed by atoms with Crippen LogP contribution >= 0.6 is 0 Å². The van der Waals surface area contributed by atoms with Crippen LogP contribution in [0, 0.1) is 12.8 Å². The minimum absolute atomic E-state index is 0.0350. The van der Waals surface area contributed by atoms with Gasteiger partial charge in [0.15, 0.2) is 0 Å². The summed E-state index contributed by atoms with van der Waals surface area (Å²) in [6, 6.07) is 4.33. The van der Waals surface area contributed by atoms with Gasteiger partial charge >= 0.3 is 0 Å². The lowest BCUT2D eigenvalue weighted by Gasteiger charge is -2.25. The van der Waals surface area contributed by atoms with Crippen molar-refractivity contribution in [3.05, 3.63) is 28.8 Å². The summed E-state index contributed by atoms with van der Waals surface area (Å²) >= 11 is 0. The first-order valence-corrected chi connectivity index (χ1v) is 8.92. The highest BCUT2D eigenvalue weighted by atomic mass is 16.5. The van der Waals surface area contributed by atoms with Gasteiger partial charge in [0.05, 0.1) is 13.2 Å². The van der Waals surface area contributed by atoms with Crippen molar-refractivity contribution in [3.63, 3.8) is 0 Å². The van der Waals surface area contributed by atoms with Gasteiger partial charge in [-0.3, -0.25) is 4.79 Å². The van der Waals surface area contributed by atoms with Crippen molar-refractivity contribution in [1.29, 1.82) is 0 Å². The predicted molar refractivity (Wildman–Crippen MR) is 95.0 cm³/mol.